The summed E-state index contributed by atoms with van der Waals surface area (Å²) in [7, 11) is 1.55. The molecule has 0 saturated heterocycles. The number of halogens is 1. The van der Waals surface area contributed by atoms with Gasteiger partial charge in [0.05, 0.1) is 16.9 Å². The Balaban J connectivity index is 2.02. The van der Waals surface area contributed by atoms with Crippen molar-refractivity contribution in [3.05, 3.63) is 76.8 Å². The Morgan fingerprint density at radius 2 is 1.86 bits per heavy atom. The molecule has 0 aromatic heterocycles. The summed E-state index contributed by atoms with van der Waals surface area (Å²) in [4.78, 5) is 25.4. The minimum atomic E-state index is -0.377. The van der Waals surface area contributed by atoms with Gasteiger partial charge in [-0.05, 0) is 47.9 Å². The number of phenolic OH excluding ortho intramolecular Hbond substituents is 1. The Morgan fingerprint density at radius 3 is 2.54 bits per heavy atom. The standard InChI is InChI=1S/C22H19ClN2O3/c1-14-5-3-4-6-17(14)15-7-9-18(19(11-15)24-13-26)22(28)25(2)20-10-8-16(23)12-21(20)27/h3-13,27H,1-2H3,(H,24,26). The van der Waals surface area contributed by atoms with Crippen molar-refractivity contribution >= 4 is 35.3 Å². The van der Waals surface area contributed by atoms with Gasteiger partial charge in [-0.15, -0.1) is 0 Å². The highest BCUT2D eigenvalue weighted by Gasteiger charge is 2.20. The van der Waals surface area contributed by atoms with Crippen LogP contribution < -0.4 is 10.2 Å². The van der Waals surface area contributed by atoms with Crippen molar-refractivity contribution in [1.29, 1.82) is 0 Å². The number of anilines is 2. The van der Waals surface area contributed by atoms with E-state index in [0.717, 1.165) is 16.7 Å². The fourth-order valence-corrected chi connectivity index (χ4v) is 3.21. The van der Waals surface area contributed by atoms with Crippen LogP contribution in [0.2, 0.25) is 5.02 Å². The van der Waals surface area contributed by atoms with Crippen LogP contribution in [0, 0.1) is 6.92 Å². The quantitative estimate of drug-likeness (QED) is 0.607. The van der Waals surface area contributed by atoms with Crippen LogP contribution >= 0.6 is 11.6 Å². The van der Waals surface area contributed by atoms with Crippen LogP contribution in [0.4, 0.5) is 11.4 Å². The average Bonchev–Trinajstić information content (AvgIpc) is 2.67. The van der Waals surface area contributed by atoms with Crippen LogP contribution in [0.1, 0.15) is 15.9 Å². The summed E-state index contributed by atoms with van der Waals surface area (Å²) in [6.07, 6.45) is 0.535. The molecule has 0 aliphatic heterocycles. The van der Waals surface area contributed by atoms with Gasteiger partial charge in [0.15, 0.2) is 0 Å². The summed E-state index contributed by atoms with van der Waals surface area (Å²) in [5.41, 5.74) is 3.99. The van der Waals surface area contributed by atoms with E-state index in [1.807, 2.05) is 37.3 Å². The monoisotopic (exact) mass is 394 g/mol. The van der Waals surface area contributed by atoms with Gasteiger partial charge in [0, 0.05) is 18.1 Å². The van der Waals surface area contributed by atoms with Gasteiger partial charge in [0.1, 0.15) is 5.75 Å². The highest BCUT2D eigenvalue weighted by Crippen LogP contribution is 2.33. The lowest BCUT2D eigenvalue weighted by Crippen LogP contribution is -2.27. The number of nitrogens with zero attached hydrogens (tertiary/aromatic N) is 1. The second-order valence-corrected chi connectivity index (χ2v) is 6.77. The molecule has 0 aliphatic carbocycles. The lowest BCUT2D eigenvalue weighted by Gasteiger charge is -2.20. The molecule has 5 nitrogen and oxygen atoms in total. The van der Waals surface area contributed by atoms with Crippen molar-refractivity contribution in [1.82, 2.24) is 0 Å². The molecule has 0 spiro atoms. The van der Waals surface area contributed by atoms with Gasteiger partial charge in [-0.1, -0.05) is 41.9 Å². The number of amides is 2. The van der Waals surface area contributed by atoms with Crippen LogP contribution in [0.5, 0.6) is 5.75 Å². The van der Waals surface area contributed by atoms with E-state index in [1.165, 1.54) is 11.0 Å². The maximum atomic E-state index is 13.0. The molecule has 2 amide bonds. The number of hydrogen-bond acceptors (Lipinski definition) is 3. The Labute approximate surface area is 168 Å². The third kappa shape index (κ3) is 3.85. The molecule has 3 aromatic carbocycles. The molecule has 0 saturated carbocycles. The van der Waals surface area contributed by atoms with Gasteiger partial charge in [-0.2, -0.15) is 0 Å². The molecule has 3 rings (SSSR count). The van der Waals surface area contributed by atoms with E-state index in [9.17, 15) is 14.7 Å². The number of rotatable bonds is 5. The summed E-state index contributed by atoms with van der Waals surface area (Å²) >= 11 is 5.86. The first-order valence-corrected chi connectivity index (χ1v) is 8.97. The first kappa shape index (κ1) is 19.5. The molecule has 0 heterocycles. The average molecular weight is 395 g/mol. The van der Waals surface area contributed by atoms with Crippen molar-refractivity contribution in [2.24, 2.45) is 0 Å². The molecule has 0 aliphatic rings. The summed E-state index contributed by atoms with van der Waals surface area (Å²) in [6.45, 7) is 2.00. The third-order valence-corrected chi connectivity index (χ3v) is 4.76. The number of hydrogen-bond donors (Lipinski definition) is 2. The molecule has 0 atom stereocenters. The van der Waals surface area contributed by atoms with E-state index >= 15 is 0 Å². The van der Waals surface area contributed by atoms with Gasteiger partial charge in [0.25, 0.3) is 5.91 Å². The minimum absolute atomic E-state index is 0.107. The number of benzene rings is 3. The van der Waals surface area contributed by atoms with Crippen LogP contribution in [-0.4, -0.2) is 24.5 Å². The normalized spacial score (nSPS) is 10.4. The minimum Gasteiger partial charge on any atom is -0.506 e. The third-order valence-electron chi connectivity index (χ3n) is 4.52. The van der Waals surface area contributed by atoms with E-state index in [0.29, 0.717) is 28.4 Å². The zero-order chi connectivity index (χ0) is 20.3. The Morgan fingerprint density at radius 1 is 1.11 bits per heavy atom. The number of aryl methyl sites for hydroxylation is 1. The molecule has 2 N–H and O–H groups in total. The second kappa shape index (κ2) is 8.15. The smallest absolute Gasteiger partial charge is 0.260 e. The summed E-state index contributed by atoms with van der Waals surface area (Å²) in [5.74, 6) is -0.483. The fraction of sp³-hybridized carbons (Fsp3) is 0.0909. The lowest BCUT2D eigenvalue weighted by atomic mass is 9.98. The molecular weight excluding hydrogens is 376 g/mol. The maximum Gasteiger partial charge on any atom is 0.260 e. The predicted molar refractivity (Wildman–Crippen MR) is 112 cm³/mol. The fourth-order valence-electron chi connectivity index (χ4n) is 3.05. The molecule has 0 bridgehead atoms. The van der Waals surface area contributed by atoms with Crippen molar-refractivity contribution in [2.45, 2.75) is 6.92 Å². The Hall–Kier alpha value is -3.31. The molecule has 0 fully saturated rings. The van der Waals surface area contributed by atoms with Crippen LogP contribution in [-0.2, 0) is 4.79 Å². The van der Waals surface area contributed by atoms with Gasteiger partial charge in [-0.3, -0.25) is 9.59 Å². The Kier molecular flexibility index (Phi) is 5.66. The molecule has 3 aromatic rings. The van der Waals surface area contributed by atoms with Gasteiger partial charge >= 0.3 is 0 Å². The summed E-state index contributed by atoms with van der Waals surface area (Å²) in [6, 6.07) is 17.6. The molecule has 0 radical (unpaired) electrons. The van der Waals surface area contributed by atoms with E-state index in [4.69, 9.17) is 11.6 Å². The van der Waals surface area contributed by atoms with Crippen molar-refractivity contribution < 1.29 is 14.7 Å². The van der Waals surface area contributed by atoms with E-state index < -0.39 is 0 Å². The molecule has 142 valence electrons. The number of phenols is 1. The van der Waals surface area contributed by atoms with Crippen LogP contribution in [0.15, 0.2) is 60.7 Å². The zero-order valence-corrected chi connectivity index (χ0v) is 16.2. The van der Waals surface area contributed by atoms with Crippen molar-refractivity contribution in [2.75, 3.05) is 17.3 Å². The molecule has 28 heavy (non-hydrogen) atoms. The van der Waals surface area contributed by atoms with Gasteiger partial charge < -0.3 is 15.3 Å². The highest BCUT2D eigenvalue weighted by molar-refractivity contribution is 6.30. The van der Waals surface area contributed by atoms with E-state index in [-0.39, 0.29) is 11.7 Å². The number of carbonyl (C=O) groups is 2. The highest BCUT2D eigenvalue weighted by atomic mass is 35.5. The number of nitrogens with one attached hydrogen (secondary N) is 1. The van der Waals surface area contributed by atoms with Gasteiger partial charge in [0.2, 0.25) is 6.41 Å². The largest absolute Gasteiger partial charge is 0.506 e. The van der Waals surface area contributed by atoms with Crippen molar-refractivity contribution in [3.8, 4) is 16.9 Å². The van der Waals surface area contributed by atoms with Crippen molar-refractivity contribution in [3.63, 3.8) is 0 Å². The summed E-state index contributed by atoms with van der Waals surface area (Å²) < 4.78 is 0. The van der Waals surface area contributed by atoms with Crippen LogP contribution in [0.3, 0.4) is 0 Å². The zero-order valence-electron chi connectivity index (χ0n) is 15.4. The lowest BCUT2D eigenvalue weighted by molar-refractivity contribution is -0.105. The van der Waals surface area contributed by atoms with Crippen LogP contribution in [0.25, 0.3) is 11.1 Å². The number of aromatic hydroxyl groups is 1. The molecule has 0 unspecified atom stereocenters. The topological polar surface area (TPSA) is 69.6 Å². The van der Waals surface area contributed by atoms with Gasteiger partial charge in [-0.25, -0.2) is 0 Å². The Bertz CT molecular complexity index is 1050. The SMILES string of the molecule is Cc1ccccc1-c1ccc(C(=O)N(C)c2ccc(Cl)cc2O)c(NC=O)c1. The van der Waals surface area contributed by atoms with E-state index in [2.05, 4.69) is 5.32 Å². The second-order valence-electron chi connectivity index (χ2n) is 6.33. The molecule has 6 heteroatoms. The first-order valence-electron chi connectivity index (χ1n) is 8.59. The summed E-state index contributed by atoms with van der Waals surface area (Å²) in [5, 5.41) is 13.1. The van der Waals surface area contributed by atoms with E-state index in [1.54, 1.807) is 31.3 Å². The molecular formula is C22H19ClN2O3. The predicted octanol–water partition coefficient (Wildman–Crippen LogP) is 4.87. The number of carbonyl (C=O) groups excluding carboxylic acids is 2. The first-order chi connectivity index (χ1) is 13.4. The maximum absolute atomic E-state index is 13.0.